The van der Waals surface area contributed by atoms with Gasteiger partial charge in [-0.25, -0.2) is 0 Å². The maximum absolute atomic E-state index is 3.41. The molecular weight excluding hydrogens is 333 g/mol. The molecule has 0 aliphatic carbocycles. The van der Waals surface area contributed by atoms with Crippen LogP contribution < -0.4 is 4.16 Å². The van der Waals surface area contributed by atoms with Gasteiger partial charge in [0.15, 0.2) is 0 Å². The molecule has 0 bridgehead atoms. The van der Waals surface area contributed by atoms with Gasteiger partial charge in [-0.15, -0.1) is 0 Å². The average Bonchev–Trinajstić information content (AvgIpc) is 1.83. The third-order valence-electron chi connectivity index (χ3n) is 0.895. The standard InChI is InChI=1S/C6H3Br2.Ru/c7-5-3-1-2-4-6(5)8;/h1-3H;/q;+1. The van der Waals surface area contributed by atoms with Crippen LogP contribution in [0.1, 0.15) is 0 Å². The summed E-state index contributed by atoms with van der Waals surface area (Å²) in [6.45, 7) is 0. The molecule has 0 N–H and O–H groups in total. The Kier molecular flexibility index (Phi) is 2.87. The summed E-state index contributed by atoms with van der Waals surface area (Å²) in [4.78, 5) is 0. The van der Waals surface area contributed by atoms with Crippen molar-refractivity contribution in [3.05, 3.63) is 27.1 Å². The molecule has 0 aromatic heterocycles. The van der Waals surface area contributed by atoms with Crippen LogP contribution in [0.15, 0.2) is 27.1 Å². The molecule has 0 nitrogen and oxygen atoms in total. The molecule has 0 fully saturated rings. The molecule has 3 heteroatoms. The van der Waals surface area contributed by atoms with E-state index in [2.05, 4.69) is 50.2 Å². The fourth-order valence-electron chi connectivity index (χ4n) is 0.472. The summed E-state index contributed by atoms with van der Waals surface area (Å²) in [5, 5.41) is 0. The van der Waals surface area contributed by atoms with Crippen molar-refractivity contribution >= 4 is 36.0 Å². The van der Waals surface area contributed by atoms with Gasteiger partial charge in [0.05, 0.1) is 0 Å². The fourth-order valence-corrected chi connectivity index (χ4v) is 1.79. The third-order valence-corrected chi connectivity index (χ3v) is 4.24. The molecule has 0 atom stereocenters. The van der Waals surface area contributed by atoms with Gasteiger partial charge in [0.25, 0.3) is 0 Å². The minimum atomic E-state index is 1.10. The van der Waals surface area contributed by atoms with E-state index in [0.29, 0.717) is 0 Å². The molecule has 1 aromatic carbocycles. The van der Waals surface area contributed by atoms with E-state index >= 15 is 0 Å². The Morgan fingerprint density at radius 1 is 1.22 bits per heavy atom. The van der Waals surface area contributed by atoms with Crippen molar-refractivity contribution in [1.82, 2.24) is 0 Å². The summed E-state index contributed by atoms with van der Waals surface area (Å²) >= 11 is 9.35. The monoisotopic (exact) mass is 335 g/mol. The Morgan fingerprint density at radius 2 is 1.89 bits per heavy atom. The molecule has 9 heavy (non-hydrogen) atoms. The summed E-state index contributed by atoms with van der Waals surface area (Å²) in [7, 11) is 0. The molecule has 0 radical (unpaired) electrons. The van der Waals surface area contributed by atoms with Gasteiger partial charge >= 0.3 is 81.5 Å². The fraction of sp³-hybridized carbons (Fsp3) is 0. The molecular formula is C6H3Br2Ru+. The summed E-state index contributed by atoms with van der Waals surface area (Å²) in [6, 6.07) is 6.03. The first-order valence-electron chi connectivity index (χ1n) is 2.30. The van der Waals surface area contributed by atoms with Gasteiger partial charge in [-0.2, -0.15) is 0 Å². The van der Waals surface area contributed by atoms with Crippen LogP contribution in [0.5, 0.6) is 0 Å². The van der Waals surface area contributed by atoms with Gasteiger partial charge in [0.2, 0.25) is 0 Å². The van der Waals surface area contributed by atoms with Crippen molar-refractivity contribution in [1.29, 1.82) is 0 Å². The zero-order chi connectivity index (χ0) is 6.85. The molecule has 0 spiro atoms. The Hall–Kier alpha value is 0.803. The summed E-state index contributed by atoms with van der Waals surface area (Å²) in [5.74, 6) is 0. The molecule has 1 rings (SSSR count). The van der Waals surface area contributed by atoms with Crippen LogP contribution >= 0.6 is 31.9 Å². The third kappa shape index (κ3) is 1.86. The second-order valence-electron chi connectivity index (χ2n) is 1.52. The molecule has 0 saturated carbocycles. The number of hydrogen-bond acceptors (Lipinski definition) is 0. The van der Waals surface area contributed by atoms with Crippen molar-refractivity contribution in [2.24, 2.45) is 0 Å². The normalized spacial score (nSPS) is 9.67. The van der Waals surface area contributed by atoms with Gasteiger partial charge in [-0.3, -0.25) is 0 Å². The van der Waals surface area contributed by atoms with Gasteiger partial charge < -0.3 is 0 Å². The van der Waals surface area contributed by atoms with Crippen LogP contribution in [0.3, 0.4) is 0 Å². The van der Waals surface area contributed by atoms with E-state index in [1.807, 2.05) is 18.2 Å². The zero-order valence-corrected chi connectivity index (χ0v) is 9.25. The SMILES string of the molecule is Brc1ccc[c]([Ru+])c1Br. The quantitative estimate of drug-likeness (QED) is 0.639. The molecule has 0 saturated heterocycles. The van der Waals surface area contributed by atoms with Gasteiger partial charge in [0, 0.05) is 0 Å². The summed E-state index contributed by atoms with van der Waals surface area (Å²) in [5.41, 5.74) is 0. The number of rotatable bonds is 0. The second kappa shape index (κ2) is 3.27. The topological polar surface area (TPSA) is 0 Å². The molecule has 0 heterocycles. The zero-order valence-electron chi connectivity index (χ0n) is 4.34. The summed E-state index contributed by atoms with van der Waals surface area (Å²) in [6.07, 6.45) is 0. The number of halogens is 2. The van der Waals surface area contributed by atoms with E-state index in [4.69, 9.17) is 0 Å². The molecule has 0 aliphatic heterocycles. The predicted molar refractivity (Wildman–Crippen MR) is 41.5 cm³/mol. The van der Waals surface area contributed by atoms with Crippen LogP contribution in [0.2, 0.25) is 0 Å². The van der Waals surface area contributed by atoms with Gasteiger partial charge in [-0.05, 0) is 0 Å². The Morgan fingerprint density at radius 3 is 2.33 bits per heavy atom. The first-order valence-corrected chi connectivity index (χ1v) is 4.75. The minimum absolute atomic E-state index is 1.10. The van der Waals surface area contributed by atoms with Crippen molar-refractivity contribution in [2.45, 2.75) is 0 Å². The van der Waals surface area contributed by atoms with E-state index < -0.39 is 0 Å². The van der Waals surface area contributed by atoms with E-state index in [0.717, 1.165) is 8.95 Å². The van der Waals surface area contributed by atoms with Gasteiger partial charge in [-0.1, -0.05) is 0 Å². The Labute approximate surface area is 81.0 Å². The van der Waals surface area contributed by atoms with Crippen LogP contribution in [0.4, 0.5) is 0 Å². The first-order chi connectivity index (χ1) is 4.22. The maximum atomic E-state index is 3.41. The molecule has 48 valence electrons. The number of hydrogen-bond donors (Lipinski definition) is 0. The average molecular weight is 336 g/mol. The summed E-state index contributed by atoms with van der Waals surface area (Å²) < 4.78 is 3.39. The molecule has 1 aromatic rings. The molecule has 0 aliphatic rings. The number of benzene rings is 1. The predicted octanol–water partition coefficient (Wildman–Crippen LogP) is 2.38. The second-order valence-corrected chi connectivity index (χ2v) is 4.11. The van der Waals surface area contributed by atoms with E-state index in [9.17, 15) is 0 Å². The van der Waals surface area contributed by atoms with Crippen LogP contribution in [-0.4, -0.2) is 0 Å². The Balaban J connectivity index is 3.25. The van der Waals surface area contributed by atoms with Crippen molar-refractivity contribution < 1.29 is 18.3 Å². The first kappa shape index (κ1) is 7.91. The molecule has 0 amide bonds. The van der Waals surface area contributed by atoms with E-state index in [1.165, 1.54) is 4.16 Å². The molecule has 0 unspecified atom stereocenters. The van der Waals surface area contributed by atoms with E-state index in [-0.39, 0.29) is 0 Å². The van der Waals surface area contributed by atoms with Crippen LogP contribution in [0.25, 0.3) is 0 Å². The van der Waals surface area contributed by atoms with E-state index in [1.54, 1.807) is 0 Å². The Bertz CT molecular complexity index is 202. The van der Waals surface area contributed by atoms with Crippen LogP contribution in [-0.2, 0) is 18.3 Å². The van der Waals surface area contributed by atoms with Gasteiger partial charge in [0.1, 0.15) is 0 Å². The van der Waals surface area contributed by atoms with Crippen LogP contribution in [0, 0.1) is 0 Å². The van der Waals surface area contributed by atoms with Crippen molar-refractivity contribution in [3.63, 3.8) is 0 Å². The van der Waals surface area contributed by atoms with Crippen molar-refractivity contribution in [3.8, 4) is 0 Å². The van der Waals surface area contributed by atoms with Crippen molar-refractivity contribution in [2.75, 3.05) is 0 Å².